The summed E-state index contributed by atoms with van der Waals surface area (Å²) in [5.74, 6) is -0.631. The number of carbonyl (C=O) groups excluding carboxylic acids is 3. The number of nitrogens with one attached hydrogen (secondary N) is 2. The Bertz CT molecular complexity index is 1840. The summed E-state index contributed by atoms with van der Waals surface area (Å²) in [7, 11) is 1.41. The summed E-state index contributed by atoms with van der Waals surface area (Å²) in [4.78, 5) is 50.8. The van der Waals surface area contributed by atoms with Crippen molar-refractivity contribution in [1.29, 1.82) is 0 Å². The van der Waals surface area contributed by atoms with E-state index >= 15 is 0 Å². The largest absolute Gasteiger partial charge is 0.435 e. The van der Waals surface area contributed by atoms with Crippen LogP contribution < -0.4 is 10.6 Å². The van der Waals surface area contributed by atoms with Gasteiger partial charge < -0.3 is 29.5 Å². The summed E-state index contributed by atoms with van der Waals surface area (Å²) in [5.41, 5.74) is -0.972. The summed E-state index contributed by atoms with van der Waals surface area (Å²) in [6.07, 6.45) is -0.848. The van der Waals surface area contributed by atoms with Gasteiger partial charge in [-0.3, -0.25) is 19.1 Å². The number of nitrogens with zero attached hydrogens (tertiary/aromatic N) is 8. The Labute approximate surface area is 289 Å². The minimum atomic E-state index is -4.80. The van der Waals surface area contributed by atoms with Crippen LogP contribution in [0.1, 0.15) is 51.2 Å². The number of anilines is 1. The molecule has 2 aliphatic heterocycles. The van der Waals surface area contributed by atoms with Gasteiger partial charge in [0.15, 0.2) is 17.3 Å². The Kier molecular flexibility index (Phi) is 10.6. The third-order valence-electron chi connectivity index (χ3n) is 8.39. The van der Waals surface area contributed by atoms with Gasteiger partial charge in [-0.1, -0.05) is 16.8 Å². The molecule has 0 saturated carbocycles. The smallest absolute Gasteiger partial charge is 0.340 e. The lowest BCUT2D eigenvalue weighted by Crippen LogP contribution is -2.52. The second kappa shape index (κ2) is 14.6. The maximum absolute atomic E-state index is 13.9. The number of alkyl halides is 3. The fourth-order valence-corrected chi connectivity index (χ4v) is 6.16. The highest BCUT2D eigenvalue weighted by atomic mass is 35.5. The van der Waals surface area contributed by atoms with Crippen molar-refractivity contribution >= 4 is 47.4 Å². The van der Waals surface area contributed by atoms with E-state index in [2.05, 4.69) is 30.9 Å². The highest BCUT2D eigenvalue weighted by Crippen LogP contribution is 2.36. The first-order valence-corrected chi connectivity index (χ1v) is 15.6. The van der Waals surface area contributed by atoms with Crippen LogP contribution in [0.4, 0.5) is 18.9 Å². The molecule has 0 atom stereocenters. The molecule has 2 fully saturated rings. The molecule has 0 bridgehead atoms. The minimum Gasteiger partial charge on any atom is -0.340 e. The molecule has 2 saturated heterocycles. The molecule has 2 aliphatic rings. The zero-order chi connectivity index (χ0) is 34.2. The van der Waals surface area contributed by atoms with Gasteiger partial charge in [0.2, 0.25) is 11.8 Å². The molecule has 3 aromatic heterocycles. The second-order valence-corrected chi connectivity index (χ2v) is 12.0. The van der Waals surface area contributed by atoms with E-state index in [0.717, 1.165) is 36.8 Å². The topological polar surface area (TPSA) is 156 Å². The van der Waals surface area contributed by atoms with Crippen molar-refractivity contribution in [3.63, 3.8) is 0 Å². The van der Waals surface area contributed by atoms with Crippen LogP contribution in [0.15, 0.2) is 35.1 Å². The minimum absolute atomic E-state index is 0. The Balaban J connectivity index is 0.00000468. The third kappa shape index (κ3) is 7.73. The zero-order valence-electron chi connectivity index (χ0n) is 26.5. The number of carbonyl (C=O) groups is 3. The van der Waals surface area contributed by atoms with Crippen LogP contribution in [0.25, 0.3) is 11.3 Å². The molecular weight excluding hydrogens is 692 g/mol. The van der Waals surface area contributed by atoms with Crippen LogP contribution in [-0.4, -0.2) is 96.3 Å². The van der Waals surface area contributed by atoms with Crippen molar-refractivity contribution in [2.45, 2.75) is 32.5 Å². The van der Waals surface area contributed by atoms with Crippen molar-refractivity contribution in [2.24, 2.45) is 13.0 Å². The number of aryl methyl sites for hydroxylation is 1. The van der Waals surface area contributed by atoms with Crippen LogP contribution in [-0.2, 0) is 24.6 Å². The van der Waals surface area contributed by atoms with Gasteiger partial charge in [0.25, 0.3) is 11.8 Å². The lowest BCUT2D eigenvalue weighted by Gasteiger charge is -2.37. The lowest BCUT2D eigenvalue weighted by atomic mass is 9.96. The molecule has 2 N–H and O–H groups in total. The monoisotopic (exact) mass is 724 g/mol. The summed E-state index contributed by atoms with van der Waals surface area (Å²) in [6, 6.07) is 4.41. The van der Waals surface area contributed by atoms with Gasteiger partial charge in [0, 0.05) is 58.0 Å². The van der Waals surface area contributed by atoms with Crippen LogP contribution in [0.3, 0.4) is 0 Å². The molecule has 6 rings (SSSR count). The maximum atomic E-state index is 13.9. The second-order valence-electron chi connectivity index (χ2n) is 11.6. The van der Waals surface area contributed by atoms with E-state index in [9.17, 15) is 27.6 Å². The summed E-state index contributed by atoms with van der Waals surface area (Å²) < 4.78 is 49.0. The molecule has 3 amide bonds. The van der Waals surface area contributed by atoms with Gasteiger partial charge in [0.1, 0.15) is 6.54 Å². The maximum Gasteiger partial charge on any atom is 0.435 e. The Hall–Kier alpha value is -4.48. The van der Waals surface area contributed by atoms with Gasteiger partial charge in [-0.25, -0.2) is 4.98 Å². The molecule has 0 aliphatic carbocycles. The molecular formula is C30H33Cl2F3N10O4. The van der Waals surface area contributed by atoms with Gasteiger partial charge in [-0.2, -0.15) is 23.3 Å². The Morgan fingerprint density at radius 1 is 1.10 bits per heavy atom. The van der Waals surface area contributed by atoms with Crippen LogP contribution >= 0.6 is 24.0 Å². The normalized spacial score (nSPS) is 15.6. The Morgan fingerprint density at radius 3 is 2.43 bits per heavy atom. The first-order valence-electron chi connectivity index (χ1n) is 15.2. The molecule has 0 radical (unpaired) electrons. The zero-order valence-corrected chi connectivity index (χ0v) is 28.0. The third-order valence-corrected chi connectivity index (χ3v) is 8.71. The lowest BCUT2D eigenvalue weighted by molar-refractivity contribution is -0.141. The number of aromatic nitrogens is 6. The molecule has 49 heavy (non-hydrogen) atoms. The standard InChI is InChI=1S/C30H32ClF3N10O4.ClH/c1-17-37-24(40-48-17)16-44-15-21(25(39-44)30(32,33)34)23-14-36-26(41(23)2)27(45)38-19-3-4-20(22(31)13-19)29(47)43-11-9-42(10-12-43)28(46)18-5-7-35-8-6-18;/h3-4,13-15,18,35H,5-12,16H2,1-2H3,(H,38,45);1H. The number of rotatable bonds is 7. The summed E-state index contributed by atoms with van der Waals surface area (Å²) in [5, 5.41) is 13.4. The fourth-order valence-electron chi connectivity index (χ4n) is 5.90. The molecule has 262 valence electrons. The number of hydrogen-bond acceptors (Lipinski definition) is 9. The number of hydrogen-bond donors (Lipinski definition) is 2. The number of benzene rings is 1. The van der Waals surface area contributed by atoms with Crippen LogP contribution in [0.5, 0.6) is 0 Å². The molecule has 0 unspecified atom stereocenters. The number of halogens is 5. The molecule has 0 spiro atoms. The van der Waals surface area contributed by atoms with Crippen molar-refractivity contribution in [3.8, 4) is 11.3 Å². The van der Waals surface area contributed by atoms with Crippen LogP contribution in [0.2, 0.25) is 5.02 Å². The van der Waals surface area contributed by atoms with E-state index in [4.69, 9.17) is 16.1 Å². The molecule has 14 nitrogen and oxygen atoms in total. The van der Waals surface area contributed by atoms with E-state index in [1.807, 2.05) is 4.90 Å². The molecule has 4 aromatic rings. The van der Waals surface area contributed by atoms with Crippen LogP contribution in [0, 0.1) is 12.8 Å². The predicted octanol–water partition coefficient (Wildman–Crippen LogP) is 3.65. The summed E-state index contributed by atoms with van der Waals surface area (Å²) >= 11 is 6.47. The molecule has 19 heteroatoms. The average Bonchev–Trinajstić information content (AvgIpc) is 3.79. The van der Waals surface area contributed by atoms with Gasteiger partial charge >= 0.3 is 6.18 Å². The van der Waals surface area contributed by atoms with Crippen molar-refractivity contribution in [3.05, 3.63) is 64.4 Å². The predicted molar refractivity (Wildman–Crippen MR) is 172 cm³/mol. The van der Waals surface area contributed by atoms with E-state index in [0.29, 0.717) is 26.2 Å². The highest BCUT2D eigenvalue weighted by Gasteiger charge is 2.39. The van der Waals surface area contributed by atoms with Gasteiger partial charge in [-0.15, -0.1) is 12.4 Å². The molecule has 1 aromatic carbocycles. The first-order chi connectivity index (χ1) is 22.9. The quantitative estimate of drug-likeness (QED) is 0.291. The van der Waals surface area contributed by atoms with Crippen molar-refractivity contribution in [2.75, 3.05) is 44.6 Å². The van der Waals surface area contributed by atoms with E-state index < -0.39 is 17.8 Å². The van der Waals surface area contributed by atoms with E-state index in [-0.39, 0.29) is 81.8 Å². The van der Waals surface area contributed by atoms with Crippen molar-refractivity contribution < 1.29 is 32.1 Å². The number of piperidine rings is 1. The number of amides is 3. The summed E-state index contributed by atoms with van der Waals surface area (Å²) in [6.45, 7) is 4.66. The average molecular weight is 726 g/mol. The van der Waals surface area contributed by atoms with E-state index in [1.54, 1.807) is 11.8 Å². The van der Waals surface area contributed by atoms with E-state index in [1.165, 1.54) is 36.0 Å². The number of piperazine rings is 1. The highest BCUT2D eigenvalue weighted by molar-refractivity contribution is 6.34. The SMILES string of the molecule is Cc1nc(Cn2cc(-c3cnc(C(=O)Nc4ccc(C(=O)N5CCN(C(=O)C6CCNCC6)CC5)c(Cl)c4)n3C)c(C(F)(F)F)n2)no1.Cl. The first kappa shape index (κ1) is 35.8. The Morgan fingerprint density at radius 2 is 1.80 bits per heavy atom. The van der Waals surface area contributed by atoms with Crippen molar-refractivity contribution in [1.82, 2.24) is 44.6 Å². The van der Waals surface area contributed by atoms with Gasteiger partial charge in [0.05, 0.1) is 28.0 Å². The van der Waals surface area contributed by atoms with Gasteiger partial charge in [-0.05, 0) is 44.1 Å². The fraction of sp³-hybridized carbons (Fsp3) is 0.433. The number of imidazole rings is 1. The molecule has 5 heterocycles.